The molecule has 128 valence electrons. The van der Waals surface area contributed by atoms with E-state index in [0.29, 0.717) is 5.69 Å². The van der Waals surface area contributed by atoms with Crippen LogP contribution in [0.5, 0.6) is 0 Å². The summed E-state index contributed by atoms with van der Waals surface area (Å²) in [5.41, 5.74) is 0.663. The number of para-hydroxylation sites is 1. The molecule has 1 atom stereocenters. The Morgan fingerprint density at radius 3 is 2.32 bits per heavy atom. The zero-order valence-corrected chi connectivity index (χ0v) is 13.8. The standard InChI is InChI=1S/C18H19N5O2/c24-16-13-15(17(25)23(16)14-5-2-1-3-6-14)21-9-11-22(12-10-21)18-19-7-4-8-20-18/h1-8,15H,9-13H2/p+1/t15-/m1/s1. The second-order valence-corrected chi connectivity index (χ2v) is 6.35. The van der Waals surface area contributed by atoms with Gasteiger partial charge in [-0.1, -0.05) is 18.2 Å². The maximum absolute atomic E-state index is 12.8. The molecule has 2 saturated heterocycles. The molecular formula is C18H20N5O2+. The van der Waals surface area contributed by atoms with Crippen LogP contribution in [-0.4, -0.2) is 54.0 Å². The molecule has 0 radical (unpaired) electrons. The molecule has 0 saturated carbocycles. The largest absolute Gasteiger partial charge is 0.330 e. The highest BCUT2D eigenvalue weighted by atomic mass is 16.2. The van der Waals surface area contributed by atoms with Gasteiger partial charge < -0.3 is 9.80 Å². The van der Waals surface area contributed by atoms with E-state index in [1.54, 1.807) is 30.6 Å². The van der Waals surface area contributed by atoms with Crippen LogP contribution in [0.3, 0.4) is 0 Å². The molecule has 1 aromatic carbocycles. The van der Waals surface area contributed by atoms with Crippen molar-refractivity contribution in [2.24, 2.45) is 0 Å². The summed E-state index contributed by atoms with van der Waals surface area (Å²) in [6, 6.07) is 10.7. The van der Waals surface area contributed by atoms with Crippen molar-refractivity contribution in [1.82, 2.24) is 9.97 Å². The lowest BCUT2D eigenvalue weighted by atomic mass is 10.2. The molecule has 2 amide bonds. The van der Waals surface area contributed by atoms with Crippen molar-refractivity contribution in [2.45, 2.75) is 12.5 Å². The van der Waals surface area contributed by atoms with Crippen molar-refractivity contribution in [2.75, 3.05) is 36.0 Å². The van der Waals surface area contributed by atoms with Crippen LogP contribution in [0.4, 0.5) is 11.6 Å². The van der Waals surface area contributed by atoms with Crippen molar-refractivity contribution < 1.29 is 14.5 Å². The molecule has 2 aliphatic heterocycles. The minimum atomic E-state index is -0.286. The highest BCUT2D eigenvalue weighted by Crippen LogP contribution is 2.21. The lowest BCUT2D eigenvalue weighted by Crippen LogP contribution is -3.19. The van der Waals surface area contributed by atoms with Gasteiger partial charge in [-0.3, -0.25) is 9.59 Å². The molecule has 2 fully saturated rings. The first kappa shape index (κ1) is 15.7. The summed E-state index contributed by atoms with van der Waals surface area (Å²) >= 11 is 0. The van der Waals surface area contributed by atoms with Gasteiger partial charge in [-0.2, -0.15) is 0 Å². The zero-order valence-electron chi connectivity index (χ0n) is 13.8. The number of carbonyl (C=O) groups is 2. The number of anilines is 2. The first-order chi connectivity index (χ1) is 12.2. The molecule has 2 aliphatic rings. The number of nitrogens with one attached hydrogen (secondary N) is 1. The fraction of sp³-hybridized carbons (Fsp3) is 0.333. The van der Waals surface area contributed by atoms with Crippen molar-refractivity contribution in [1.29, 1.82) is 0 Å². The Bertz CT molecular complexity index is 760. The summed E-state index contributed by atoms with van der Waals surface area (Å²) in [6.45, 7) is 3.15. The average Bonchev–Trinajstić information content (AvgIpc) is 2.97. The number of piperazine rings is 1. The maximum Gasteiger partial charge on any atom is 0.292 e. The van der Waals surface area contributed by atoms with Crippen LogP contribution in [0.2, 0.25) is 0 Å². The topological polar surface area (TPSA) is 70.8 Å². The van der Waals surface area contributed by atoms with Crippen LogP contribution >= 0.6 is 0 Å². The van der Waals surface area contributed by atoms with Gasteiger partial charge in [0.05, 0.1) is 38.3 Å². The van der Waals surface area contributed by atoms with Gasteiger partial charge in [0.15, 0.2) is 6.04 Å². The lowest BCUT2D eigenvalue weighted by Gasteiger charge is -2.34. The smallest absolute Gasteiger partial charge is 0.292 e. The predicted molar refractivity (Wildman–Crippen MR) is 92.3 cm³/mol. The van der Waals surface area contributed by atoms with Crippen LogP contribution in [0.25, 0.3) is 0 Å². The van der Waals surface area contributed by atoms with E-state index < -0.39 is 0 Å². The number of hydrogen-bond acceptors (Lipinski definition) is 5. The van der Waals surface area contributed by atoms with E-state index in [2.05, 4.69) is 14.9 Å². The minimum Gasteiger partial charge on any atom is -0.330 e. The van der Waals surface area contributed by atoms with E-state index in [4.69, 9.17) is 0 Å². The molecule has 0 spiro atoms. The Balaban J connectivity index is 1.44. The molecular weight excluding hydrogens is 318 g/mol. The monoisotopic (exact) mass is 338 g/mol. The number of hydrogen-bond donors (Lipinski definition) is 1. The number of aromatic nitrogens is 2. The highest BCUT2D eigenvalue weighted by molar-refractivity contribution is 6.21. The zero-order chi connectivity index (χ0) is 17.2. The summed E-state index contributed by atoms with van der Waals surface area (Å²) < 4.78 is 0. The molecule has 0 bridgehead atoms. The third-order valence-corrected chi connectivity index (χ3v) is 4.89. The van der Waals surface area contributed by atoms with E-state index in [-0.39, 0.29) is 24.3 Å². The fourth-order valence-electron chi connectivity index (χ4n) is 3.60. The quantitative estimate of drug-likeness (QED) is 0.765. The van der Waals surface area contributed by atoms with E-state index in [9.17, 15) is 9.59 Å². The van der Waals surface area contributed by atoms with Gasteiger partial charge >= 0.3 is 0 Å². The summed E-state index contributed by atoms with van der Waals surface area (Å²) in [6.07, 6.45) is 3.75. The van der Waals surface area contributed by atoms with E-state index in [1.165, 1.54) is 9.80 Å². The Kier molecular flexibility index (Phi) is 4.15. The molecule has 25 heavy (non-hydrogen) atoms. The Morgan fingerprint density at radius 1 is 0.960 bits per heavy atom. The van der Waals surface area contributed by atoms with Gasteiger partial charge in [-0.15, -0.1) is 0 Å². The molecule has 1 aromatic heterocycles. The second kappa shape index (κ2) is 6.60. The van der Waals surface area contributed by atoms with Crippen LogP contribution < -0.4 is 14.7 Å². The summed E-state index contributed by atoms with van der Waals surface area (Å²) in [5, 5.41) is 0. The fourth-order valence-corrected chi connectivity index (χ4v) is 3.60. The predicted octanol–water partition coefficient (Wildman–Crippen LogP) is -0.486. The van der Waals surface area contributed by atoms with Crippen molar-refractivity contribution >= 4 is 23.5 Å². The SMILES string of the molecule is O=C1C[C@@H]([NH+]2CCN(c3ncccn3)CC2)C(=O)N1c1ccccc1. The average molecular weight is 338 g/mol. The highest BCUT2D eigenvalue weighted by Gasteiger charge is 2.46. The number of carbonyl (C=O) groups excluding carboxylic acids is 2. The third-order valence-electron chi connectivity index (χ3n) is 4.89. The van der Waals surface area contributed by atoms with E-state index in [0.717, 1.165) is 32.1 Å². The Hall–Kier alpha value is -2.80. The number of benzene rings is 1. The molecule has 7 nitrogen and oxygen atoms in total. The van der Waals surface area contributed by atoms with Crippen LogP contribution in [-0.2, 0) is 9.59 Å². The third kappa shape index (κ3) is 2.98. The van der Waals surface area contributed by atoms with Crippen molar-refractivity contribution in [3.8, 4) is 0 Å². The Morgan fingerprint density at radius 2 is 1.64 bits per heavy atom. The molecule has 0 aliphatic carbocycles. The molecule has 4 rings (SSSR count). The van der Waals surface area contributed by atoms with Gasteiger partial charge in [-0.05, 0) is 18.2 Å². The van der Waals surface area contributed by atoms with E-state index in [1.807, 2.05) is 18.2 Å². The molecule has 2 aromatic rings. The number of quaternary nitrogens is 1. The number of nitrogens with zero attached hydrogens (tertiary/aromatic N) is 4. The van der Waals surface area contributed by atoms with Crippen molar-refractivity contribution in [3.63, 3.8) is 0 Å². The number of rotatable bonds is 3. The van der Waals surface area contributed by atoms with Crippen LogP contribution in [0, 0.1) is 0 Å². The van der Waals surface area contributed by atoms with Gasteiger partial charge in [0, 0.05) is 12.4 Å². The molecule has 3 heterocycles. The van der Waals surface area contributed by atoms with Gasteiger partial charge in [-0.25, -0.2) is 14.9 Å². The number of imide groups is 1. The first-order valence-corrected chi connectivity index (χ1v) is 8.52. The first-order valence-electron chi connectivity index (χ1n) is 8.52. The minimum absolute atomic E-state index is 0.0874. The second-order valence-electron chi connectivity index (χ2n) is 6.35. The molecule has 1 N–H and O–H groups in total. The Labute approximate surface area is 145 Å². The van der Waals surface area contributed by atoms with E-state index >= 15 is 0 Å². The lowest BCUT2D eigenvalue weighted by molar-refractivity contribution is -0.915. The van der Waals surface area contributed by atoms with Gasteiger partial charge in [0.1, 0.15) is 0 Å². The van der Waals surface area contributed by atoms with Crippen LogP contribution in [0.1, 0.15) is 6.42 Å². The normalized spacial score (nSPS) is 21.8. The summed E-state index contributed by atoms with van der Waals surface area (Å²) in [4.78, 5) is 38.4. The molecule has 0 unspecified atom stereocenters. The summed E-state index contributed by atoms with van der Waals surface area (Å²) in [5.74, 6) is 0.527. The number of amides is 2. The molecule has 7 heteroatoms. The van der Waals surface area contributed by atoms with Gasteiger partial charge in [0.2, 0.25) is 11.9 Å². The van der Waals surface area contributed by atoms with Gasteiger partial charge in [0.25, 0.3) is 5.91 Å². The summed E-state index contributed by atoms with van der Waals surface area (Å²) in [7, 11) is 0. The maximum atomic E-state index is 12.8. The van der Waals surface area contributed by atoms with Crippen LogP contribution in [0.15, 0.2) is 48.8 Å². The van der Waals surface area contributed by atoms with Crippen molar-refractivity contribution in [3.05, 3.63) is 48.8 Å².